The molecule has 3 heterocycles. The molecule has 1 saturated heterocycles. The molecule has 0 radical (unpaired) electrons. The van der Waals surface area contributed by atoms with Crippen LogP contribution < -0.4 is 4.74 Å². The maximum Gasteiger partial charge on any atom is 0.219 e. The zero-order chi connectivity index (χ0) is 29.9. The Morgan fingerprint density at radius 3 is 2.60 bits per heavy atom. The van der Waals surface area contributed by atoms with Gasteiger partial charge < -0.3 is 14.2 Å². The lowest BCUT2D eigenvalue weighted by Gasteiger charge is -2.24. The lowest BCUT2D eigenvalue weighted by atomic mass is 10.1. The number of aromatic nitrogens is 3. The third-order valence-electron chi connectivity index (χ3n) is 7.89. The third-order valence-corrected chi connectivity index (χ3v) is 7.89. The summed E-state index contributed by atoms with van der Waals surface area (Å²) in [4.78, 5) is 23.4. The number of imidazole rings is 1. The number of pyridine rings is 1. The van der Waals surface area contributed by atoms with Crippen molar-refractivity contribution in [2.24, 2.45) is 0 Å². The van der Waals surface area contributed by atoms with E-state index in [1.807, 2.05) is 41.3 Å². The molecule has 0 aliphatic carbocycles. The van der Waals surface area contributed by atoms with Gasteiger partial charge in [-0.3, -0.25) is 4.79 Å². The number of benzene rings is 3. The normalized spacial score (nSPS) is 14.7. The Kier molecular flexibility index (Phi) is 7.84. The van der Waals surface area contributed by atoms with Gasteiger partial charge in [0.2, 0.25) is 11.8 Å². The van der Waals surface area contributed by atoms with Gasteiger partial charge in [0.1, 0.15) is 24.1 Å². The van der Waals surface area contributed by atoms with E-state index in [0.29, 0.717) is 35.3 Å². The van der Waals surface area contributed by atoms with E-state index in [4.69, 9.17) is 15.0 Å². The van der Waals surface area contributed by atoms with Crippen LogP contribution in [-0.2, 0) is 24.4 Å². The SMILES string of the molecule is CC(=O)N1CCCC1Cn1c(Cc2ccc(-c3cccc(OCc4ccc(C#N)cc4F)n3)cc2F)nc2ccccc21. The van der Waals surface area contributed by atoms with Crippen LogP contribution >= 0.6 is 0 Å². The van der Waals surface area contributed by atoms with Crippen molar-refractivity contribution in [2.75, 3.05) is 6.54 Å². The summed E-state index contributed by atoms with van der Waals surface area (Å²) in [5, 5.41) is 8.93. The van der Waals surface area contributed by atoms with Crippen LogP contribution in [0.2, 0.25) is 0 Å². The third kappa shape index (κ3) is 5.95. The number of amides is 1. The van der Waals surface area contributed by atoms with Crippen molar-refractivity contribution >= 4 is 16.9 Å². The molecular formula is C34H29F2N5O2. The van der Waals surface area contributed by atoms with Gasteiger partial charge in [-0.25, -0.2) is 18.7 Å². The van der Waals surface area contributed by atoms with Crippen molar-refractivity contribution in [3.05, 3.63) is 113 Å². The van der Waals surface area contributed by atoms with Crippen LogP contribution in [0.3, 0.4) is 0 Å². The van der Waals surface area contributed by atoms with Crippen LogP contribution in [-0.4, -0.2) is 37.9 Å². The molecule has 216 valence electrons. The number of halogens is 2. The number of rotatable bonds is 8. The number of fused-ring (bicyclic) bond motifs is 1. The maximum atomic E-state index is 15.5. The number of carbonyl (C=O) groups is 1. The summed E-state index contributed by atoms with van der Waals surface area (Å²) in [6.07, 6.45) is 2.18. The standard InChI is InChI=1S/C34H29F2N5O2/c1-22(42)40-15-5-6-27(40)20-41-32-9-3-2-7-31(32)38-33(41)18-24-13-14-25(17-29(24)36)30-8-4-10-34(39-30)43-21-26-12-11-23(19-37)16-28(26)35/h2-4,7-14,16-17,27H,5-6,15,18,20-21H2,1H3. The summed E-state index contributed by atoms with van der Waals surface area (Å²) >= 11 is 0. The van der Waals surface area contributed by atoms with Gasteiger partial charge in [-0.05, 0) is 54.8 Å². The van der Waals surface area contributed by atoms with Gasteiger partial charge in [0.15, 0.2) is 0 Å². The van der Waals surface area contributed by atoms with Crippen LogP contribution in [0.15, 0.2) is 78.9 Å². The second kappa shape index (κ2) is 12.0. The largest absolute Gasteiger partial charge is 0.473 e. The first kappa shape index (κ1) is 28.0. The minimum atomic E-state index is -0.527. The van der Waals surface area contributed by atoms with Crippen LogP contribution in [0.25, 0.3) is 22.3 Å². The van der Waals surface area contributed by atoms with E-state index in [9.17, 15) is 9.18 Å². The highest BCUT2D eigenvalue weighted by Gasteiger charge is 2.28. The molecule has 2 aromatic heterocycles. The Hall–Kier alpha value is -5.10. The maximum absolute atomic E-state index is 15.5. The minimum absolute atomic E-state index is 0.0622. The molecule has 5 aromatic rings. The lowest BCUT2D eigenvalue weighted by molar-refractivity contribution is -0.129. The minimum Gasteiger partial charge on any atom is -0.473 e. The van der Waals surface area contributed by atoms with E-state index in [0.717, 1.165) is 42.3 Å². The van der Waals surface area contributed by atoms with Crippen LogP contribution in [0, 0.1) is 23.0 Å². The van der Waals surface area contributed by atoms with Gasteiger partial charge in [-0.2, -0.15) is 5.26 Å². The smallest absolute Gasteiger partial charge is 0.219 e. The van der Waals surface area contributed by atoms with Gasteiger partial charge in [0, 0.05) is 49.7 Å². The van der Waals surface area contributed by atoms with Gasteiger partial charge in [0.05, 0.1) is 28.4 Å². The quantitative estimate of drug-likeness (QED) is 0.212. The highest BCUT2D eigenvalue weighted by Crippen LogP contribution is 2.27. The predicted molar refractivity (Wildman–Crippen MR) is 158 cm³/mol. The first-order valence-electron chi connectivity index (χ1n) is 14.2. The van der Waals surface area contributed by atoms with Crippen LogP contribution in [0.5, 0.6) is 5.88 Å². The Labute approximate surface area is 248 Å². The van der Waals surface area contributed by atoms with E-state index in [1.54, 1.807) is 31.2 Å². The summed E-state index contributed by atoms with van der Waals surface area (Å²) in [7, 11) is 0. The highest BCUT2D eigenvalue weighted by molar-refractivity contribution is 5.76. The molecule has 1 unspecified atom stereocenters. The first-order valence-corrected chi connectivity index (χ1v) is 14.2. The number of para-hydroxylation sites is 2. The lowest BCUT2D eigenvalue weighted by Crippen LogP contribution is -2.36. The number of carbonyl (C=O) groups excluding carboxylic acids is 1. The summed E-state index contributed by atoms with van der Waals surface area (Å²) in [5.74, 6) is 0.174. The van der Waals surface area contributed by atoms with Crippen molar-refractivity contribution < 1.29 is 18.3 Å². The summed E-state index contributed by atoms with van der Waals surface area (Å²) in [6.45, 7) is 2.91. The van der Waals surface area contributed by atoms with Crippen molar-refractivity contribution in [3.8, 4) is 23.2 Å². The molecule has 1 aliphatic heterocycles. The predicted octanol–water partition coefficient (Wildman–Crippen LogP) is 6.43. The number of hydrogen-bond acceptors (Lipinski definition) is 5. The Bertz CT molecular complexity index is 1860. The van der Waals surface area contributed by atoms with Gasteiger partial charge in [-0.15, -0.1) is 0 Å². The number of likely N-dealkylation sites (tertiary alicyclic amines) is 1. The number of ether oxygens (including phenoxy) is 1. The molecule has 0 bridgehead atoms. The fourth-order valence-electron chi connectivity index (χ4n) is 5.68. The summed E-state index contributed by atoms with van der Waals surface area (Å²) in [6, 6.07) is 24.2. The molecule has 43 heavy (non-hydrogen) atoms. The number of nitriles is 1. The zero-order valence-electron chi connectivity index (χ0n) is 23.6. The average molecular weight is 578 g/mol. The van der Waals surface area contributed by atoms with Gasteiger partial charge >= 0.3 is 0 Å². The van der Waals surface area contributed by atoms with E-state index in [1.165, 1.54) is 18.2 Å². The topological polar surface area (TPSA) is 84.0 Å². The van der Waals surface area contributed by atoms with Crippen molar-refractivity contribution in [1.82, 2.24) is 19.4 Å². The van der Waals surface area contributed by atoms with Gasteiger partial charge in [-0.1, -0.05) is 36.4 Å². The van der Waals surface area contributed by atoms with E-state index in [-0.39, 0.29) is 35.8 Å². The molecular weight excluding hydrogens is 548 g/mol. The molecule has 1 fully saturated rings. The fraction of sp³-hybridized carbons (Fsp3) is 0.235. The summed E-state index contributed by atoms with van der Waals surface area (Å²) < 4.78 is 37.6. The van der Waals surface area contributed by atoms with E-state index >= 15 is 4.39 Å². The molecule has 1 aliphatic rings. The molecule has 0 spiro atoms. The van der Waals surface area contributed by atoms with Crippen molar-refractivity contribution in [1.29, 1.82) is 5.26 Å². The molecule has 9 heteroatoms. The van der Waals surface area contributed by atoms with Crippen molar-refractivity contribution in [3.63, 3.8) is 0 Å². The van der Waals surface area contributed by atoms with Gasteiger partial charge in [0.25, 0.3) is 0 Å². The molecule has 0 N–H and O–H groups in total. The van der Waals surface area contributed by atoms with E-state index in [2.05, 4.69) is 9.55 Å². The fourth-order valence-corrected chi connectivity index (χ4v) is 5.68. The zero-order valence-corrected chi connectivity index (χ0v) is 23.6. The Morgan fingerprint density at radius 2 is 1.81 bits per heavy atom. The molecule has 6 rings (SSSR count). The number of hydrogen-bond donors (Lipinski definition) is 0. The Balaban J connectivity index is 1.21. The molecule has 1 atom stereocenters. The monoisotopic (exact) mass is 577 g/mol. The van der Waals surface area contributed by atoms with E-state index < -0.39 is 5.82 Å². The van der Waals surface area contributed by atoms with Crippen LogP contribution in [0.4, 0.5) is 8.78 Å². The number of nitrogens with zero attached hydrogens (tertiary/aromatic N) is 5. The van der Waals surface area contributed by atoms with Crippen molar-refractivity contribution in [2.45, 2.75) is 45.4 Å². The highest BCUT2D eigenvalue weighted by atomic mass is 19.1. The molecule has 3 aromatic carbocycles. The summed E-state index contributed by atoms with van der Waals surface area (Å²) in [5.41, 5.74) is 3.93. The van der Waals surface area contributed by atoms with Crippen LogP contribution in [0.1, 0.15) is 42.3 Å². The molecule has 0 saturated carbocycles. The molecule has 7 nitrogen and oxygen atoms in total. The Morgan fingerprint density at radius 1 is 1.00 bits per heavy atom. The molecule has 1 amide bonds. The second-order valence-corrected chi connectivity index (χ2v) is 10.7. The average Bonchev–Trinajstić information content (AvgIpc) is 3.62. The first-order chi connectivity index (χ1) is 20.9. The second-order valence-electron chi connectivity index (χ2n) is 10.7.